The summed E-state index contributed by atoms with van der Waals surface area (Å²) in [7, 11) is 1.19. The predicted molar refractivity (Wildman–Crippen MR) is 205 cm³/mol. The van der Waals surface area contributed by atoms with Gasteiger partial charge in [0.05, 0.1) is 42.1 Å². The first-order chi connectivity index (χ1) is 30.8. The van der Waals surface area contributed by atoms with Crippen molar-refractivity contribution in [2.75, 3.05) is 33.5 Å². The van der Waals surface area contributed by atoms with Crippen molar-refractivity contribution in [3.8, 4) is 11.5 Å². The molecule has 360 valence electrons. The van der Waals surface area contributed by atoms with Crippen LogP contribution in [0.4, 0.5) is 9.18 Å². The molecule has 4 aliphatic rings. The molecule has 1 spiro atoms. The molecule has 25 heteroatoms. The summed E-state index contributed by atoms with van der Waals surface area (Å²) >= 11 is 0. The number of ether oxygens (including phenoxy) is 5. The number of methoxy groups -OCH3 is 1. The Balaban J connectivity index is 1.27. The van der Waals surface area contributed by atoms with Crippen molar-refractivity contribution >= 4 is 29.7 Å². The Morgan fingerprint density at radius 2 is 1.69 bits per heavy atom. The van der Waals surface area contributed by atoms with Gasteiger partial charge in [-0.3, -0.25) is 50.5 Å². The lowest BCUT2D eigenvalue weighted by molar-refractivity contribution is -0.527. The molecule has 4 unspecified atom stereocenters. The van der Waals surface area contributed by atoms with Crippen LogP contribution in [0, 0.1) is 22.7 Å². The van der Waals surface area contributed by atoms with E-state index in [0.717, 1.165) is 17.2 Å². The smallest absolute Gasteiger partial charge is 0.493 e. The molecule has 0 saturated heterocycles. The Kier molecular flexibility index (Phi) is 17.4. The van der Waals surface area contributed by atoms with E-state index in [-0.39, 0.29) is 61.6 Å². The van der Waals surface area contributed by atoms with Crippen LogP contribution in [0.3, 0.4) is 0 Å². The number of ketones is 2. The number of allylic oxidation sites excluding steroid dienone is 6. The summed E-state index contributed by atoms with van der Waals surface area (Å²) in [4.78, 5) is 79.5. The SMILES string of the molecule is COc1cc(C(=O)OCCCCC(CON(O)O)ON(O)O)ccc1OC(=O)OCC(=O)[C@@]1(OC(=O)CCCON(O)O)[C@H](O)CC(C2CCC3=CC(=O)C=C[C@@]34C=C24)[C@]1(C)CC(O)F. The third kappa shape index (κ3) is 12.1. The lowest BCUT2D eigenvalue weighted by Crippen LogP contribution is -2.62. The van der Waals surface area contributed by atoms with Crippen LogP contribution in [0.1, 0.15) is 75.1 Å². The molecule has 5 rings (SSSR count). The number of nitrogens with zero attached hydrogens (tertiary/aromatic N) is 3. The molecule has 4 aliphatic carbocycles. The summed E-state index contributed by atoms with van der Waals surface area (Å²) in [6.45, 7) is -0.790. The third-order valence-electron chi connectivity index (χ3n) is 12.1. The summed E-state index contributed by atoms with van der Waals surface area (Å²) < 4.78 is 41.7. The van der Waals surface area contributed by atoms with Crippen molar-refractivity contribution in [3.63, 3.8) is 0 Å². The average molecular weight is 930 g/mol. The van der Waals surface area contributed by atoms with Gasteiger partial charge in [-0.2, -0.15) is 0 Å². The molecule has 0 heterocycles. The number of alkyl halides is 1. The third-order valence-corrected chi connectivity index (χ3v) is 12.1. The maximum absolute atomic E-state index is 15.0. The molecular weight excluding hydrogens is 877 g/mol. The number of carbonyl (C=O) groups excluding carboxylic acids is 5. The number of rotatable bonds is 25. The Labute approximate surface area is 369 Å². The van der Waals surface area contributed by atoms with Crippen molar-refractivity contribution in [3.05, 3.63) is 59.2 Å². The van der Waals surface area contributed by atoms with Crippen molar-refractivity contribution in [2.45, 2.75) is 88.9 Å². The Hall–Kier alpha value is -4.84. The molecule has 0 radical (unpaired) electrons. The van der Waals surface area contributed by atoms with Gasteiger partial charge in [0.25, 0.3) is 0 Å². The molecule has 2 fully saturated rings. The topological polar surface area (TPSA) is 331 Å². The first-order valence-electron chi connectivity index (χ1n) is 20.3. The van der Waals surface area contributed by atoms with Crippen LogP contribution in [0.2, 0.25) is 0 Å². The van der Waals surface area contributed by atoms with E-state index < -0.39 is 120 Å². The molecule has 65 heavy (non-hydrogen) atoms. The van der Waals surface area contributed by atoms with E-state index in [4.69, 9.17) is 54.9 Å². The van der Waals surface area contributed by atoms with Crippen LogP contribution in [0.15, 0.2) is 53.6 Å². The first-order valence-corrected chi connectivity index (χ1v) is 20.3. The highest BCUT2D eigenvalue weighted by Gasteiger charge is 2.72. The molecule has 0 bridgehead atoms. The highest BCUT2D eigenvalue weighted by Crippen LogP contribution is 2.68. The number of unbranched alkanes of at least 4 members (excludes halogenated alkanes) is 1. The maximum Gasteiger partial charge on any atom is 0.514 e. The number of esters is 2. The van der Waals surface area contributed by atoms with Crippen molar-refractivity contribution < 1.29 is 108 Å². The van der Waals surface area contributed by atoms with Gasteiger partial charge in [-0.25, -0.2) is 23.7 Å². The van der Waals surface area contributed by atoms with Crippen LogP contribution in [-0.2, 0) is 43.1 Å². The van der Waals surface area contributed by atoms with E-state index >= 15 is 0 Å². The zero-order valence-electron chi connectivity index (χ0n) is 35.2. The molecule has 1 aromatic carbocycles. The minimum Gasteiger partial charge on any atom is -0.493 e. The van der Waals surface area contributed by atoms with Gasteiger partial charge in [-0.15, -0.1) is 0 Å². The maximum atomic E-state index is 15.0. The van der Waals surface area contributed by atoms with Gasteiger partial charge in [0.15, 0.2) is 30.2 Å². The zero-order chi connectivity index (χ0) is 47.7. The molecule has 24 nitrogen and oxygen atoms in total. The molecule has 0 aromatic heterocycles. The number of aliphatic hydroxyl groups is 2. The van der Waals surface area contributed by atoms with Crippen LogP contribution in [-0.4, -0.2) is 145 Å². The number of hydrogen-bond donors (Lipinski definition) is 8. The van der Waals surface area contributed by atoms with Crippen LogP contribution >= 0.6 is 0 Å². The van der Waals surface area contributed by atoms with E-state index in [1.807, 2.05) is 6.08 Å². The summed E-state index contributed by atoms with van der Waals surface area (Å²) in [6.07, 6.45) is -0.438. The van der Waals surface area contributed by atoms with Gasteiger partial charge in [-0.05, 0) is 92.7 Å². The number of aliphatic hydroxyl groups excluding tert-OH is 2. The second-order valence-electron chi connectivity index (χ2n) is 15.9. The van der Waals surface area contributed by atoms with E-state index in [1.54, 1.807) is 12.2 Å². The van der Waals surface area contributed by atoms with E-state index in [2.05, 4.69) is 14.5 Å². The molecule has 0 amide bonds. The van der Waals surface area contributed by atoms with Crippen molar-refractivity contribution in [2.24, 2.45) is 22.7 Å². The standard InChI is InChI=1S/C40H52FN3O21/c1-38(20-34(41)48)28(27-10-9-24-17-25(45)12-13-39(24)19-29(27)39)18-32(46)40(38,64-35(49)7-5-15-61-42(52)53)33(47)22-60-37(51)63-30-11-8-23(16-31(30)58-2)36(50)59-14-4-3-6-26(65-44(56)57)21-62-43(54)55/h8,11-13,16-17,19,26-28,32,34,46,48,52-57H,3-7,9-10,14-15,18,20-22H2,1-2H3/t26?,27?,28?,32-,34?,38+,39-,40+/m1/s1. The van der Waals surface area contributed by atoms with E-state index in [1.165, 1.54) is 32.2 Å². The summed E-state index contributed by atoms with van der Waals surface area (Å²) in [5.41, 5.74) is -3.43. The van der Waals surface area contributed by atoms with Gasteiger partial charge in [0, 0.05) is 23.7 Å². The quantitative estimate of drug-likeness (QED) is 0.0174. The number of Topliss-reactive ketones (excluding diaryl/α,β-unsaturated/α-hetero) is 1. The predicted octanol–water partition coefficient (Wildman–Crippen LogP) is 3.04. The molecule has 0 aliphatic heterocycles. The summed E-state index contributed by atoms with van der Waals surface area (Å²) in [6, 6.07) is 3.56. The fraction of sp³-hybridized carbons (Fsp3) is 0.575. The van der Waals surface area contributed by atoms with Crippen LogP contribution in [0.25, 0.3) is 0 Å². The van der Waals surface area contributed by atoms with Crippen LogP contribution in [0.5, 0.6) is 11.5 Å². The number of benzene rings is 1. The van der Waals surface area contributed by atoms with Gasteiger partial charge in [0.2, 0.25) is 11.4 Å². The Bertz CT molecular complexity index is 1990. The molecule has 1 aromatic rings. The van der Waals surface area contributed by atoms with Crippen LogP contribution < -0.4 is 9.47 Å². The lowest BCUT2D eigenvalue weighted by atomic mass is 9.59. The van der Waals surface area contributed by atoms with Gasteiger partial charge in [-0.1, -0.05) is 24.6 Å². The highest BCUT2D eigenvalue weighted by molar-refractivity contribution is 6.02. The normalized spacial score (nSPS) is 26.5. The van der Waals surface area contributed by atoms with Crippen molar-refractivity contribution in [1.82, 2.24) is 16.2 Å². The fourth-order valence-electron chi connectivity index (χ4n) is 9.19. The van der Waals surface area contributed by atoms with Gasteiger partial charge >= 0.3 is 18.1 Å². The Morgan fingerprint density at radius 3 is 2.37 bits per heavy atom. The lowest BCUT2D eigenvalue weighted by Gasteiger charge is -2.48. The fourth-order valence-corrected chi connectivity index (χ4v) is 9.19. The molecule has 8 atom stereocenters. The number of halogens is 1. The van der Waals surface area contributed by atoms with Gasteiger partial charge < -0.3 is 33.9 Å². The monoisotopic (exact) mass is 929 g/mol. The largest absolute Gasteiger partial charge is 0.514 e. The van der Waals surface area contributed by atoms with Crippen molar-refractivity contribution in [1.29, 1.82) is 0 Å². The number of carbonyl (C=O) groups is 5. The minimum atomic E-state index is -2.62. The molecule has 8 N–H and O–H groups in total. The molecule has 2 saturated carbocycles. The Morgan fingerprint density at radius 1 is 0.954 bits per heavy atom. The van der Waals surface area contributed by atoms with E-state index in [0.29, 0.717) is 12.8 Å². The second kappa shape index (κ2) is 22.1. The average Bonchev–Trinajstić information content (AvgIpc) is 3.94. The minimum absolute atomic E-state index is 0.0416. The summed E-state index contributed by atoms with van der Waals surface area (Å²) in [5, 5.41) is 73.2. The zero-order valence-corrected chi connectivity index (χ0v) is 35.2. The highest BCUT2D eigenvalue weighted by atomic mass is 19.1. The summed E-state index contributed by atoms with van der Waals surface area (Å²) in [5.74, 6) is -4.94. The number of hydrogen-bond acceptors (Lipinski definition) is 24. The van der Waals surface area contributed by atoms with E-state index in [9.17, 15) is 38.6 Å². The second-order valence-corrected chi connectivity index (χ2v) is 15.9. The van der Waals surface area contributed by atoms with Gasteiger partial charge in [0.1, 0.15) is 18.8 Å². The first kappa shape index (κ1) is 51.1. The molecular formula is C40H52FN3O21.